The van der Waals surface area contributed by atoms with E-state index in [1.807, 2.05) is 0 Å². The van der Waals surface area contributed by atoms with Crippen LogP contribution in [0, 0.1) is 6.92 Å². The highest BCUT2D eigenvalue weighted by molar-refractivity contribution is 5.87. The monoisotopic (exact) mass is 390 g/mol. The summed E-state index contributed by atoms with van der Waals surface area (Å²) in [5.74, 6) is -0.577. The van der Waals surface area contributed by atoms with E-state index >= 15 is 0 Å². The van der Waals surface area contributed by atoms with Crippen LogP contribution in [0.1, 0.15) is 28.7 Å². The molecule has 1 N–H and O–H groups in total. The second kappa shape index (κ2) is 7.38. The van der Waals surface area contributed by atoms with Gasteiger partial charge in [-0.15, -0.1) is 0 Å². The second-order valence-electron chi connectivity index (χ2n) is 6.03. The van der Waals surface area contributed by atoms with Gasteiger partial charge in [-0.2, -0.15) is 13.2 Å². The maximum atomic E-state index is 13.1. The Hall–Kier alpha value is -3.29. The van der Waals surface area contributed by atoms with Crippen LogP contribution in [0.4, 0.5) is 13.2 Å². The standard InChI is InChI=1S/C20H17F3N2O3/c1-3-28-19(27)15-5-4-6-18(24-15)25-12(2)7-9-16(25)14-11-13(20(21,22)23)8-10-17(14)26/h4-11,26H,3H2,1-2H3. The highest BCUT2D eigenvalue weighted by atomic mass is 19.4. The number of phenols is 1. The summed E-state index contributed by atoms with van der Waals surface area (Å²) in [6.45, 7) is 3.61. The molecule has 1 aromatic carbocycles. The first-order valence-corrected chi connectivity index (χ1v) is 8.46. The van der Waals surface area contributed by atoms with E-state index in [0.29, 0.717) is 17.2 Å². The molecule has 0 atom stereocenters. The van der Waals surface area contributed by atoms with Gasteiger partial charge in [-0.05, 0) is 56.3 Å². The summed E-state index contributed by atoms with van der Waals surface area (Å²) in [7, 11) is 0. The molecule has 0 aliphatic carbocycles. The van der Waals surface area contributed by atoms with E-state index in [9.17, 15) is 23.1 Å². The maximum absolute atomic E-state index is 13.1. The Labute approximate surface area is 159 Å². The van der Waals surface area contributed by atoms with Crippen LogP contribution in [-0.4, -0.2) is 27.2 Å². The number of aromatic hydroxyl groups is 1. The first-order valence-electron chi connectivity index (χ1n) is 8.46. The van der Waals surface area contributed by atoms with E-state index in [1.165, 1.54) is 6.07 Å². The van der Waals surface area contributed by atoms with Crippen LogP contribution in [0.2, 0.25) is 0 Å². The smallest absolute Gasteiger partial charge is 0.416 e. The largest absolute Gasteiger partial charge is 0.507 e. The lowest BCUT2D eigenvalue weighted by Crippen LogP contribution is -2.10. The van der Waals surface area contributed by atoms with Crippen LogP contribution in [0.15, 0.2) is 48.5 Å². The first kappa shape index (κ1) is 19.5. The van der Waals surface area contributed by atoms with Crippen molar-refractivity contribution in [2.45, 2.75) is 20.0 Å². The number of pyridine rings is 1. The minimum absolute atomic E-state index is 0.00580. The first-order chi connectivity index (χ1) is 13.2. The van der Waals surface area contributed by atoms with Crippen LogP contribution in [0.25, 0.3) is 17.1 Å². The van der Waals surface area contributed by atoms with Crippen molar-refractivity contribution in [1.29, 1.82) is 0 Å². The van der Waals surface area contributed by atoms with Crippen molar-refractivity contribution in [3.63, 3.8) is 0 Å². The number of hydrogen-bond donors (Lipinski definition) is 1. The molecule has 0 bridgehead atoms. The van der Waals surface area contributed by atoms with Gasteiger partial charge in [0.1, 0.15) is 11.6 Å². The molecule has 2 heterocycles. The molecule has 146 valence electrons. The SMILES string of the molecule is CCOC(=O)c1cccc(-n2c(C)ccc2-c2cc(C(F)(F)F)ccc2O)n1. The van der Waals surface area contributed by atoms with Gasteiger partial charge < -0.3 is 9.84 Å². The zero-order valence-electron chi connectivity index (χ0n) is 15.1. The Morgan fingerprint density at radius 3 is 2.61 bits per heavy atom. The summed E-state index contributed by atoms with van der Waals surface area (Å²) >= 11 is 0. The molecular formula is C20H17F3N2O3. The minimum atomic E-state index is -4.54. The fourth-order valence-corrected chi connectivity index (χ4v) is 2.84. The topological polar surface area (TPSA) is 64.3 Å². The van der Waals surface area contributed by atoms with Crippen LogP contribution in [0.3, 0.4) is 0 Å². The van der Waals surface area contributed by atoms with Gasteiger partial charge >= 0.3 is 12.1 Å². The highest BCUT2D eigenvalue weighted by Crippen LogP contribution is 2.38. The summed E-state index contributed by atoms with van der Waals surface area (Å²) in [4.78, 5) is 16.2. The number of esters is 1. The van der Waals surface area contributed by atoms with E-state index in [1.54, 1.807) is 42.7 Å². The average molecular weight is 390 g/mol. The number of halogens is 3. The fourth-order valence-electron chi connectivity index (χ4n) is 2.84. The molecule has 5 nitrogen and oxygen atoms in total. The Balaban J connectivity index is 2.15. The molecule has 0 amide bonds. The molecule has 28 heavy (non-hydrogen) atoms. The summed E-state index contributed by atoms with van der Waals surface area (Å²) in [6, 6.07) is 10.7. The molecule has 3 rings (SSSR count). The van der Waals surface area contributed by atoms with Crippen molar-refractivity contribution in [1.82, 2.24) is 9.55 Å². The summed E-state index contributed by atoms with van der Waals surface area (Å²) in [5, 5.41) is 10.2. The molecule has 0 unspecified atom stereocenters. The predicted octanol–water partition coefficient (Wildman–Crippen LogP) is 4.75. The normalized spacial score (nSPS) is 11.5. The average Bonchev–Trinajstić information content (AvgIpc) is 3.02. The number of aryl methyl sites for hydroxylation is 1. The molecule has 3 aromatic rings. The van der Waals surface area contributed by atoms with Gasteiger partial charge in [-0.1, -0.05) is 6.07 Å². The van der Waals surface area contributed by atoms with Gasteiger partial charge in [0.2, 0.25) is 0 Å². The number of carbonyl (C=O) groups excluding carboxylic acids is 1. The van der Waals surface area contributed by atoms with Gasteiger partial charge in [0.25, 0.3) is 0 Å². The second-order valence-corrected chi connectivity index (χ2v) is 6.03. The molecular weight excluding hydrogens is 373 g/mol. The number of ether oxygens (including phenoxy) is 1. The van der Waals surface area contributed by atoms with Crippen molar-refractivity contribution in [3.8, 4) is 22.8 Å². The van der Waals surface area contributed by atoms with Gasteiger partial charge in [-0.25, -0.2) is 9.78 Å². The molecule has 8 heteroatoms. The predicted molar refractivity (Wildman–Crippen MR) is 96.4 cm³/mol. The number of benzene rings is 1. The summed E-state index contributed by atoms with van der Waals surface area (Å²) in [5.41, 5.74) is 0.187. The lowest BCUT2D eigenvalue weighted by Gasteiger charge is -2.15. The number of rotatable bonds is 4. The Morgan fingerprint density at radius 1 is 1.18 bits per heavy atom. The maximum Gasteiger partial charge on any atom is 0.416 e. The molecule has 0 saturated carbocycles. The minimum Gasteiger partial charge on any atom is -0.507 e. The summed E-state index contributed by atoms with van der Waals surface area (Å²) in [6.07, 6.45) is -4.54. The number of hydrogen-bond acceptors (Lipinski definition) is 4. The van der Waals surface area contributed by atoms with Crippen LogP contribution in [0.5, 0.6) is 5.75 Å². The molecule has 0 fully saturated rings. The Bertz CT molecular complexity index is 1030. The lowest BCUT2D eigenvalue weighted by atomic mass is 10.1. The van der Waals surface area contributed by atoms with Gasteiger partial charge in [-0.3, -0.25) is 4.57 Å². The quantitative estimate of drug-likeness (QED) is 0.653. The van der Waals surface area contributed by atoms with Crippen molar-refractivity contribution in [2.75, 3.05) is 6.61 Å². The number of nitrogens with zero attached hydrogens (tertiary/aromatic N) is 2. The molecule has 2 aromatic heterocycles. The van der Waals surface area contributed by atoms with E-state index in [4.69, 9.17) is 4.74 Å². The summed E-state index contributed by atoms with van der Waals surface area (Å²) < 4.78 is 45.8. The van der Waals surface area contributed by atoms with Crippen LogP contribution < -0.4 is 0 Å². The fraction of sp³-hybridized carbons (Fsp3) is 0.200. The highest BCUT2D eigenvalue weighted by Gasteiger charge is 2.31. The van der Waals surface area contributed by atoms with E-state index in [-0.39, 0.29) is 23.6 Å². The van der Waals surface area contributed by atoms with E-state index in [2.05, 4.69) is 4.98 Å². The number of aromatic nitrogens is 2. The van der Waals surface area contributed by atoms with Crippen LogP contribution in [-0.2, 0) is 10.9 Å². The molecule has 0 spiro atoms. The third-order valence-electron chi connectivity index (χ3n) is 4.12. The van der Waals surface area contributed by atoms with Crippen molar-refractivity contribution < 1.29 is 27.8 Å². The molecule has 0 aliphatic heterocycles. The number of carbonyl (C=O) groups is 1. The Morgan fingerprint density at radius 2 is 1.93 bits per heavy atom. The van der Waals surface area contributed by atoms with Crippen molar-refractivity contribution in [2.24, 2.45) is 0 Å². The number of phenolic OH excluding ortho intramolecular Hbond substituents is 1. The third-order valence-corrected chi connectivity index (χ3v) is 4.12. The van der Waals surface area contributed by atoms with Gasteiger partial charge in [0.15, 0.2) is 5.69 Å². The third kappa shape index (κ3) is 3.71. The van der Waals surface area contributed by atoms with E-state index in [0.717, 1.165) is 18.2 Å². The zero-order valence-corrected chi connectivity index (χ0v) is 15.1. The van der Waals surface area contributed by atoms with Gasteiger partial charge in [0, 0.05) is 11.3 Å². The van der Waals surface area contributed by atoms with E-state index < -0.39 is 17.7 Å². The molecule has 0 aliphatic rings. The number of alkyl halides is 3. The zero-order chi connectivity index (χ0) is 20.5. The Kier molecular flexibility index (Phi) is 5.13. The van der Waals surface area contributed by atoms with Gasteiger partial charge in [0.05, 0.1) is 17.9 Å². The molecule has 0 radical (unpaired) electrons. The lowest BCUT2D eigenvalue weighted by molar-refractivity contribution is -0.137. The van der Waals surface area contributed by atoms with Crippen LogP contribution >= 0.6 is 0 Å². The van der Waals surface area contributed by atoms with Crippen molar-refractivity contribution >= 4 is 5.97 Å². The molecule has 0 saturated heterocycles. The van der Waals surface area contributed by atoms with Crippen molar-refractivity contribution in [3.05, 3.63) is 65.5 Å².